The van der Waals surface area contributed by atoms with Crippen molar-refractivity contribution >= 4 is 48.1 Å². The van der Waals surface area contributed by atoms with Gasteiger partial charge in [-0.2, -0.15) is 8.42 Å². The minimum absolute atomic E-state index is 0. The summed E-state index contributed by atoms with van der Waals surface area (Å²) in [5, 5.41) is 0. The van der Waals surface area contributed by atoms with E-state index in [1.165, 1.54) is 6.07 Å². The van der Waals surface area contributed by atoms with Gasteiger partial charge in [-0.15, -0.1) is 6.58 Å². The van der Waals surface area contributed by atoms with Crippen LogP contribution < -0.4 is 4.18 Å². The van der Waals surface area contributed by atoms with E-state index >= 15 is 0 Å². The van der Waals surface area contributed by atoms with Crippen LogP contribution >= 0.6 is 0 Å². The number of hydrogen-bond donors (Lipinski definition) is 1. The molecule has 0 aromatic heterocycles. The Morgan fingerprint density at radius 3 is 2.60 bits per heavy atom. The Bertz CT molecular complexity index is 436. The van der Waals surface area contributed by atoms with E-state index in [0.717, 1.165) is 0 Å². The first-order chi connectivity index (χ1) is 6.53. The van der Waals surface area contributed by atoms with Crippen LogP contribution in [0.5, 0.6) is 5.75 Å². The van der Waals surface area contributed by atoms with Crippen molar-refractivity contribution in [1.29, 1.82) is 0 Å². The predicted octanol–water partition coefficient (Wildman–Crippen LogP) is 1.44. The van der Waals surface area contributed by atoms with Gasteiger partial charge >= 0.3 is 48.1 Å². The van der Waals surface area contributed by atoms with Gasteiger partial charge in [-0.1, -0.05) is 24.3 Å². The molecule has 0 aliphatic rings. The number of allylic oxidation sites excluding steroid dienone is 1. The van der Waals surface area contributed by atoms with Crippen LogP contribution in [0.3, 0.4) is 0 Å². The van der Waals surface area contributed by atoms with E-state index in [1.54, 1.807) is 24.3 Å². The Morgan fingerprint density at radius 1 is 1.47 bits per heavy atom. The van der Waals surface area contributed by atoms with Crippen molar-refractivity contribution in [2.24, 2.45) is 0 Å². The van der Waals surface area contributed by atoms with Gasteiger partial charge in [0, 0.05) is 0 Å². The van der Waals surface area contributed by atoms with E-state index in [1.807, 2.05) is 0 Å². The summed E-state index contributed by atoms with van der Waals surface area (Å²) in [7, 11) is -4.45. The van der Waals surface area contributed by atoms with Crippen molar-refractivity contribution in [3.8, 4) is 5.75 Å². The van der Waals surface area contributed by atoms with Crippen LogP contribution in [0, 0.1) is 0 Å². The largest absolute Gasteiger partial charge is 2.00 e. The minimum atomic E-state index is -4.45. The first-order valence-corrected chi connectivity index (χ1v) is 5.25. The smallest absolute Gasteiger partial charge is 1.00 e. The zero-order valence-electron chi connectivity index (χ0n) is 10.1. The molecule has 0 saturated carbocycles. The van der Waals surface area contributed by atoms with E-state index in [-0.39, 0.29) is 46.3 Å². The van der Waals surface area contributed by atoms with E-state index in [0.29, 0.717) is 12.0 Å². The molecule has 6 heteroatoms. The van der Waals surface area contributed by atoms with E-state index in [2.05, 4.69) is 10.8 Å². The monoisotopic (exact) mass is 256 g/mol. The first kappa shape index (κ1) is 14.9. The summed E-state index contributed by atoms with van der Waals surface area (Å²) in [6.45, 7) is 3.53. The van der Waals surface area contributed by atoms with Crippen LogP contribution in [0.15, 0.2) is 36.9 Å². The van der Waals surface area contributed by atoms with Crippen molar-refractivity contribution in [3.63, 3.8) is 0 Å². The van der Waals surface area contributed by atoms with Gasteiger partial charge < -0.3 is 7.04 Å². The Hall–Kier alpha value is -0.0703. The maximum absolute atomic E-state index is 10.5. The Labute approximate surface area is 122 Å². The molecule has 4 nitrogen and oxygen atoms in total. The van der Waals surface area contributed by atoms with Crippen LogP contribution in [0.2, 0.25) is 0 Å². The standard InChI is InChI=1S/C9H10O4S.Ca.2H/c1-2-5-8-6-3-4-7-9(8)13-14(10,11)12;;;/h2-4,6-7H,1,5H2,(H,10,11,12);;;/q;+2;2*-1. The number of rotatable bonds is 4. The average Bonchev–Trinajstić information content (AvgIpc) is 2.06. The molecule has 0 amide bonds. The summed E-state index contributed by atoms with van der Waals surface area (Å²) in [5.41, 5.74) is 0.653. The molecule has 0 saturated heterocycles. The fourth-order valence-corrected chi connectivity index (χ4v) is 1.41. The maximum atomic E-state index is 10.5. The molecule has 0 fully saturated rings. The molecule has 1 rings (SSSR count). The average molecular weight is 256 g/mol. The molecule has 0 atom stereocenters. The van der Waals surface area contributed by atoms with Gasteiger partial charge in [-0.05, 0) is 18.1 Å². The van der Waals surface area contributed by atoms with Crippen LogP contribution in [0.25, 0.3) is 0 Å². The molecular weight excluding hydrogens is 244 g/mol. The van der Waals surface area contributed by atoms with Crippen molar-refractivity contribution < 1.29 is 20.0 Å². The van der Waals surface area contributed by atoms with E-state index in [9.17, 15) is 8.42 Å². The zero-order chi connectivity index (χ0) is 10.6. The fraction of sp³-hybridized carbons (Fsp3) is 0.111. The first-order valence-electron chi connectivity index (χ1n) is 3.88. The molecule has 1 aromatic rings. The molecule has 1 N–H and O–H groups in total. The molecular formula is C9H12CaO4S. The van der Waals surface area contributed by atoms with Crippen molar-refractivity contribution in [2.75, 3.05) is 0 Å². The van der Waals surface area contributed by atoms with Crippen molar-refractivity contribution in [3.05, 3.63) is 42.5 Å². The summed E-state index contributed by atoms with van der Waals surface area (Å²) in [6.07, 6.45) is 2.10. The molecule has 0 aliphatic carbocycles. The van der Waals surface area contributed by atoms with Gasteiger partial charge in [-0.3, -0.25) is 4.55 Å². The van der Waals surface area contributed by atoms with Crippen LogP contribution in [-0.4, -0.2) is 50.7 Å². The molecule has 0 bridgehead atoms. The molecule has 0 heterocycles. The van der Waals surface area contributed by atoms with Crippen LogP contribution in [-0.2, 0) is 16.8 Å². The van der Waals surface area contributed by atoms with E-state index < -0.39 is 10.4 Å². The second kappa shape index (κ2) is 6.50. The summed E-state index contributed by atoms with van der Waals surface area (Å²) in [6, 6.07) is 6.53. The molecule has 0 spiro atoms. The third-order valence-corrected chi connectivity index (χ3v) is 1.92. The Balaban J connectivity index is -0.000000653. The van der Waals surface area contributed by atoms with Gasteiger partial charge in [0.1, 0.15) is 5.75 Å². The second-order valence-electron chi connectivity index (χ2n) is 2.61. The molecule has 0 unspecified atom stereocenters. The minimum Gasteiger partial charge on any atom is -1.00 e. The van der Waals surface area contributed by atoms with E-state index in [4.69, 9.17) is 4.55 Å². The van der Waals surface area contributed by atoms with Gasteiger partial charge in [0.15, 0.2) is 0 Å². The third-order valence-electron chi connectivity index (χ3n) is 1.53. The summed E-state index contributed by atoms with van der Waals surface area (Å²) >= 11 is 0. The Kier molecular flexibility index (Phi) is 6.47. The van der Waals surface area contributed by atoms with Gasteiger partial charge in [0.05, 0.1) is 0 Å². The molecule has 80 valence electrons. The molecule has 0 radical (unpaired) electrons. The Morgan fingerprint density at radius 2 is 2.07 bits per heavy atom. The van der Waals surface area contributed by atoms with Crippen molar-refractivity contribution in [1.82, 2.24) is 0 Å². The molecule has 15 heavy (non-hydrogen) atoms. The SMILES string of the molecule is C=CCc1ccccc1OS(=O)(=O)O.[Ca+2].[H-].[H-]. The van der Waals surface area contributed by atoms with Crippen molar-refractivity contribution in [2.45, 2.75) is 6.42 Å². The summed E-state index contributed by atoms with van der Waals surface area (Å²) < 4.78 is 33.8. The maximum Gasteiger partial charge on any atom is 2.00 e. The summed E-state index contributed by atoms with van der Waals surface area (Å²) in [5.74, 6) is 0.120. The molecule has 1 aromatic carbocycles. The quantitative estimate of drug-likeness (QED) is 0.503. The van der Waals surface area contributed by atoms with Crippen LogP contribution in [0.1, 0.15) is 8.42 Å². The van der Waals surface area contributed by atoms with Gasteiger partial charge in [0.2, 0.25) is 0 Å². The molecule has 0 aliphatic heterocycles. The number of benzene rings is 1. The number of para-hydroxylation sites is 1. The third kappa shape index (κ3) is 5.53. The topological polar surface area (TPSA) is 63.6 Å². The number of hydrogen-bond acceptors (Lipinski definition) is 3. The second-order valence-corrected chi connectivity index (χ2v) is 3.63. The van der Waals surface area contributed by atoms with Crippen LogP contribution in [0.4, 0.5) is 0 Å². The fourth-order valence-electron chi connectivity index (χ4n) is 1.02. The van der Waals surface area contributed by atoms with Gasteiger partial charge in [-0.25, -0.2) is 0 Å². The van der Waals surface area contributed by atoms with Gasteiger partial charge in [0.25, 0.3) is 0 Å². The zero-order valence-corrected chi connectivity index (χ0v) is 11.1. The summed E-state index contributed by atoms with van der Waals surface area (Å²) in [4.78, 5) is 0. The predicted molar refractivity (Wildman–Crippen MR) is 60.5 cm³/mol. The normalized spacial score (nSPS) is 10.2.